The minimum Gasteiger partial charge on any atom is -0.493 e. The SMILES string of the molecule is COc1ccc(CN=C(N)NCc2ccc(CN3CCCCCC3)cc2)cc1OC.I. The summed E-state index contributed by atoms with van der Waals surface area (Å²) in [6.07, 6.45) is 5.39. The molecule has 3 rings (SSSR count). The monoisotopic (exact) mass is 538 g/mol. The van der Waals surface area contributed by atoms with Crippen molar-refractivity contribution in [3.63, 3.8) is 0 Å². The fourth-order valence-electron chi connectivity index (χ4n) is 3.72. The molecule has 0 atom stereocenters. The second-order valence-electron chi connectivity index (χ2n) is 7.75. The van der Waals surface area contributed by atoms with E-state index in [1.807, 2.05) is 18.2 Å². The molecule has 0 radical (unpaired) electrons. The molecule has 6 nitrogen and oxygen atoms in total. The van der Waals surface area contributed by atoms with Gasteiger partial charge in [-0.1, -0.05) is 43.2 Å². The molecule has 0 aliphatic carbocycles. The average Bonchev–Trinajstić information content (AvgIpc) is 3.05. The number of likely N-dealkylation sites (tertiary alicyclic amines) is 1. The van der Waals surface area contributed by atoms with Crippen LogP contribution in [0.25, 0.3) is 0 Å². The summed E-state index contributed by atoms with van der Waals surface area (Å²) in [6, 6.07) is 14.5. The maximum absolute atomic E-state index is 6.04. The number of hydrogen-bond donors (Lipinski definition) is 2. The molecule has 31 heavy (non-hydrogen) atoms. The van der Waals surface area contributed by atoms with E-state index in [0.29, 0.717) is 30.5 Å². The highest BCUT2D eigenvalue weighted by molar-refractivity contribution is 14.0. The highest BCUT2D eigenvalue weighted by atomic mass is 127. The van der Waals surface area contributed by atoms with Gasteiger partial charge in [0.25, 0.3) is 0 Å². The van der Waals surface area contributed by atoms with Crippen LogP contribution in [0.15, 0.2) is 47.5 Å². The van der Waals surface area contributed by atoms with Gasteiger partial charge in [-0.3, -0.25) is 4.90 Å². The molecule has 170 valence electrons. The summed E-state index contributed by atoms with van der Waals surface area (Å²) in [4.78, 5) is 6.99. The van der Waals surface area contributed by atoms with Crippen LogP contribution in [0.4, 0.5) is 0 Å². The molecule has 0 saturated carbocycles. The van der Waals surface area contributed by atoms with Gasteiger partial charge in [-0.2, -0.15) is 0 Å². The van der Waals surface area contributed by atoms with Crippen LogP contribution in [0, 0.1) is 0 Å². The highest BCUT2D eigenvalue weighted by Gasteiger charge is 2.09. The predicted molar refractivity (Wildman–Crippen MR) is 137 cm³/mol. The fourth-order valence-corrected chi connectivity index (χ4v) is 3.72. The van der Waals surface area contributed by atoms with Gasteiger partial charge in [-0.25, -0.2) is 4.99 Å². The lowest BCUT2D eigenvalue weighted by atomic mass is 10.1. The van der Waals surface area contributed by atoms with Crippen molar-refractivity contribution in [2.75, 3.05) is 27.3 Å². The number of hydrogen-bond acceptors (Lipinski definition) is 4. The Morgan fingerprint density at radius 3 is 2.16 bits per heavy atom. The van der Waals surface area contributed by atoms with Crippen LogP contribution in [0.5, 0.6) is 11.5 Å². The zero-order chi connectivity index (χ0) is 21.2. The third-order valence-corrected chi connectivity index (χ3v) is 5.48. The number of halogens is 1. The van der Waals surface area contributed by atoms with E-state index in [9.17, 15) is 0 Å². The second-order valence-corrected chi connectivity index (χ2v) is 7.75. The number of benzene rings is 2. The normalized spacial score (nSPS) is 15.0. The number of aliphatic imine (C=N–C) groups is 1. The van der Waals surface area contributed by atoms with Crippen molar-refractivity contribution in [2.45, 2.75) is 45.3 Å². The maximum atomic E-state index is 6.04. The lowest BCUT2D eigenvalue weighted by molar-refractivity contribution is 0.277. The average molecular weight is 538 g/mol. The van der Waals surface area contributed by atoms with Crippen LogP contribution in [0.1, 0.15) is 42.4 Å². The quantitative estimate of drug-likeness (QED) is 0.298. The Balaban J connectivity index is 0.00000341. The minimum absolute atomic E-state index is 0. The molecule has 3 N–H and O–H groups in total. The van der Waals surface area contributed by atoms with Crippen molar-refractivity contribution in [3.8, 4) is 11.5 Å². The Labute approximate surface area is 203 Å². The molecule has 0 spiro atoms. The van der Waals surface area contributed by atoms with Gasteiger partial charge in [0.05, 0.1) is 20.8 Å². The third-order valence-electron chi connectivity index (χ3n) is 5.48. The topological polar surface area (TPSA) is 72.1 Å². The summed E-state index contributed by atoms with van der Waals surface area (Å²) >= 11 is 0. The summed E-state index contributed by atoms with van der Waals surface area (Å²) in [5.74, 6) is 1.83. The zero-order valence-electron chi connectivity index (χ0n) is 18.6. The first kappa shape index (κ1) is 25.3. The van der Waals surface area contributed by atoms with Gasteiger partial charge in [-0.05, 0) is 54.8 Å². The second kappa shape index (κ2) is 13.4. The Bertz CT molecular complexity index is 819. The van der Waals surface area contributed by atoms with Crippen molar-refractivity contribution in [1.29, 1.82) is 0 Å². The van der Waals surface area contributed by atoms with Crippen molar-refractivity contribution in [3.05, 3.63) is 59.2 Å². The van der Waals surface area contributed by atoms with Crippen molar-refractivity contribution in [2.24, 2.45) is 10.7 Å². The first-order chi connectivity index (χ1) is 14.7. The van der Waals surface area contributed by atoms with Gasteiger partial charge in [0.15, 0.2) is 17.5 Å². The third kappa shape index (κ3) is 8.22. The van der Waals surface area contributed by atoms with Crippen LogP contribution >= 0.6 is 24.0 Å². The van der Waals surface area contributed by atoms with E-state index >= 15 is 0 Å². The van der Waals surface area contributed by atoms with Crippen LogP contribution < -0.4 is 20.5 Å². The standard InChI is InChI=1S/C24H34N4O2.HI/c1-29-22-12-11-21(15-23(22)30-2)17-27-24(25)26-16-19-7-9-20(10-8-19)18-28-13-5-3-4-6-14-28;/h7-12,15H,3-6,13-14,16-18H2,1-2H3,(H3,25,26,27);1H. The molecule has 7 heteroatoms. The van der Waals surface area contributed by atoms with E-state index in [-0.39, 0.29) is 24.0 Å². The van der Waals surface area contributed by atoms with Crippen LogP contribution in [0.2, 0.25) is 0 Å². The van der Waals surface area contributed by atoms with E-state index in [0.717, 1.165) is 12.1 Å². The summed E-state index contributed by atoms with van der Waals surface area (Å²) in [5, 5.41) is 3.19. The number of nitrogens with one attached hydrogen (secondary N) is 1. The van der Waals surface area contributed by atoms with Crippen molar-refractivity contribution in [1.82, 2.24) is 10.2 Å². The van der Waals surface area contributed by atoms with Gasteiger partial charge in [0.1, 0.15) is 0 Å². The number of rotatable bonds is 8. The lowest BCUT2D eigenvalue weighted by Gasteiger charge is -2.19. The summed E-state index contributed by atoms with van der Waals surface area (Å²) in [7, 11) is 3.25. The first-order valence-electron chi connectivity index (χ1n) is 10.7. The maximum Gasteiger partial charge on any atom is 0.189 e. The van der Waals surface area contributed by atoms with Gasteiger partial charge in [0, 0.05) is 13.1 Å². The Kier molecular flexibility index (Phi) is 10.9. The van der Waals surface area contributed by atoms with E-state index in [1.165, 1.54) is 49.9 Å². The molecule has 0 aromatic heterocycles. The number of methoxy groups -OCH3 is 2. The molecule has 1 aliphatic rings. The Hall–Kier alpha value is -2.00. The van der Waals surface area contributed by atoms with Crippen LogP contribution in [-0.2, 0) is 19.6 Å². The zero-order valence-corrected chi connectivity index (χ0v) is 20.9. The van der Waals surface area contributed by atoms with Crippen LogP contribution in [-0.4, -0.2) is 38.2 Å². The van der Waals surface area contributed by atoms with E-state index in [1.54, 1.807) is 14.2 Å². The molecule has 2 aromatic carbocycles. The molecular formula is C24H35IN4O2. The molecule has 1 aliphatic heterocycles. The van der Waals surface area contributed by atoms with Crippen molar-refractivity contribution >= 4 is 29.9 Å². The highest BCUT2D eigenvalue weighted by Crippen LogP contribution is 2.27. The van der Waals surface area contributed by atoms with Gasteiger partial charge >= 0.3 is 0 Å². The molecule has 1 saturated heterocycles. The fraction of sp³-hybridized carbons (Fsp3) is 0.458. The molecule has 2 aromatic rings. The summed E-state index contributed by atoms with van der Waals surface area (Å²) < 4.78 is 10.6. The minimum atomic E-state index is 0. The predicted octanol–water partition coefficient (Wildman–Crippen LogP) is 4.30. The van der Waals surface area contributed by atoms with E-state index in [4.69, 9.17) is 15.2 Å². The molecule has 0 unspecified atom stereocenters. The van der Waals surface area contributed by atoms with E-state index in [2.05, 4.69) is 39.5 Å². The van der Waals surface area contributed by atoms with Gasteiger partial charge < -0.3 is 20.5 Å². The number of ether oxygens (including phenoxy) is 2. The first-order valence-corrected chi connectivity index (χ1v) is 10.7. The van der Waals surface area contributed by atoms with Crippen molar-refractivity contribution < 1.29 is 9.47 Å². The number of guanidine groups is 1. The molecule has 0 bridgehead atoms. The van der Waals surface area contributed by atoms with Crippen LogP contribution in [0.3, 0.4) is 0 Å². The molecular weight excluding hydrogens is 503 g/mol. The largest absolute Gasteiger partial charge is 0.493 e. The molecule has 0 amide bonds. The summed E-state index contributed by atoms with van der Waals surface area (Å²) in [5.41, 5.74) is 9.61. The summed E-state index contributed by atoms with van der Waals surface area (Å²) in [6.45, 7) is 4.62. The van der Waals surface area contributed by atoms with E-state index < -0.39 is 0 Å². The number of nitrogens with zero attached hydrogens (tertiary/aromatic N) is 2. The van der Waals surface area contributed by atoms with Gasteiger partial charge in [0.2, 0.25) is 0 Å². The molecule has 1 fully saturated rings. The Morgan fingerprint density at radius 1 is 0.903 bits per heavy atom. The van der Waals surface area contributed by atoms with Gasteiger partial charge in [-0.15, -0.1) is 24.0 Å². The molecule has 1 heterocycles. The lowest BCUT2D eigenvalue weighted by Crippen LogP contribution is -2.31. The number of nitrogens with two attached hydrogens (primary N) is 1. The Morgan fingerprint density at radius 2 is 1.52 bits per heavy atom. The smallest absolute Gasteiger partial charge is 0.189 e.